The van der Waals surface area contributed by atoms with Gasteiger partial charge in [-0.15, -0.1) is 0 Å². The highest BCUT2D eigenvalue weighted by molar-refractivity contribution is 6.01. The molecule has 0 bridgehead atoms. The number of amides is 1. The van der Waals surface area contributed by atoms with Crippen molar-refractivity contribution >= 4 is 22.8 Å². The van der Waals surface area contributed by atoms with Crippen molar-refractivity contribution in [1.82, 2.24) is 9.88 Å². The number of carboxylic acid groups (broad SMARTS) is 1. The summed E-state index contributed by atoms with van der Waals surface area (Å²) in [6.07, 6.45) is 2.61. The number of aromatic amines is 1. The Balaban J connectivity index is 1.97. The standard InChI is InChI=1S/C21H20N2O3/c1-2-11-23-19(16-12-22-17-10-6-5-7-13(16)17)18(21(25)26)14-8-3-4-9-15(14)20(23)24/h3-10,12,18-19,22H,2,11H2,1H3,(H,25,26)/t18-,19-/m0/s1. The van der Waals surface area contributed by atoms with Gasteiger partial charge < -0.3 is 15.0 Å². The fourth-order valence-corrected chi connectivity index (χ4v) is 4.03. The number of carboxylic acids is 1. The Morgan fingerprint density at radius 3 is 2.62 bits per heavy atom. The molecule has 2 atom stereocenters. The van der Waals surface area contributed by atoms with E-state index in [1.807, 2.05) is 37.4 Å². The van der Waals surface area contributed by atoms with Gasteiger partial charge in [0.15, 0.2) is 0 Å². The lowest BCUT2D eigenvalue weighted by Gasteiger charge is -2.40. The second-order valence-corrected chi connectivity index (χ2v) is 6.64. The van der Waals surface area contributed by atoms with E-state index in [9.17, 15) is 14.7 Å². The number of nitrogens with zero attached hydrogens (tertiary/aromatic N) is 1. The van der Waals surface area contributed by atoms with E-state index in [0.717, 1.165) is 22.9 Å². The minimum atomic E-state index is -0.915. The first-order valence-corrected chi connectivity index (χ1v) is 8.82. The van der Waals surface area contributed by atoms with Crippen molar-refractivity contribution < 1.29 is 14.7 Å². The molecule has 0 saturated carbocycles. The molecule has 0 fully saturated rings. The Bertz CT molecular complexity index is 992. The average Bonchev–Trinajstić information content (AvgIpc) is 3.07. The zero-order valence-electron chi connectivity index (χ0n) is 14.5. The molecule has 132 valence electrons. The van der Waals surface area contributed by atoms with Crippen molar-refractivity contribution in [2.24, 2.45) is 0 Å². The molecule has 0 radical (unpaired) electrons. The van der Waals surface area contributed by atoms with Crippen LogP contribution < -0.4 is 0 Å². The first-order chi connectivity index (χ1) is 12.6. The highest BCUT2D eigenvalue weighted by atomic mass is 16.4. The van der Waals surface area contributed by atoms with Gasteiger partial charge in [0.25, 0.3) is 5.91 Å². The van der Waals surface area contributed by atoms with Crippen LogP contribution in [0.5, 0.6) is 0 Å². The van der Waals surface area contributed by atoms with Gasteiger partial charge in [0.1, 0.15) is 5.92 Å². The van der Waals surface area contributed by atoms with Crippen LogP contribution in [0.3, 0.4) is 0 Å². The monoisotopic (exact) mass is 348 g/mol. The Morgan fingerprint density at radius 2 is 1.85 bits per heavy atom. The van der Waals surface area contributed by atoms with E-state index < -0.39 is 17.9 Å². The maximum absolute atomic E-state index is 13.1. The molecule has 2 aromatic carbocycles. The summed E-state index contributed by atoms with van der Waals surface area (Å²) in [7, 11) is 0. The molecule has 5 heteroatoms. The Morgan fingerprint density at radius 1 is 1.12 bits per heavy atom. The molecule has 1 amide bonds. The highest BCUT2D eigenvalue weighted by Gasteiger charge is 2.44. The van der Waals surface area contributed by atoms with Gasteiger partial charge in [0.2, 0.25) is 0 Å². The van der Waals surface area contributed by atoms with Crippen molar-refractivity contribution in [2.45, 2.75) is 25.3 Å². The van der Waals surface area contributed by atoms with Crippen LogP contribution in [0.1, 0.15) is 46.8 Å². The zero-order chi connectivity index (χ0) is 18.3. The quantitative estimate of drug-likeness (QED) is 0.750. The number of fused-ring (bicyclic) bond motifs is 2. The number of para-hydroxylation sites is 1. The molecule has 26 heavy (non-hydrogen) atoms. The Labute approximate surface area is 151 Å². The maximum atomic E-state index is 13.1. The second kappa shape index (κ2) is 6.33. The van der Waals surface area contributed by atoms with Crippen LogP contribution >= 0.6 is 0 Å². The number of aromatic nitrogens is 1. The minimum Gasteiger partial charge on any atom is -0.481 e. The van der Waals surface area contributed by atoms with Crippen molar-refractivity contribution in [3.05, 3.63) is 71.4 Å². The van der Waals surface area contributed by atoms with Crippen molar-refractivity contribution in [3.63, 3.8) is 0 Å². The van der Waals surface area contributed by atoms with Crippen LogP contribution in [0, 0.1) is 0 Å². The third-order valence-electron chi connectivity index (χ3n) is 5.11. The molecule has 4 rings (SSSR count). The van der Waals surface area contributed by atoms with Crippen LogP contribution in [0.15, 0.2) is 54.7 Å². The predicted octanol–water partition coefficient (Wildman–Crippen LogP) is 3.94. The van der Waals surface area contributed by atoms with Crippen molar-refractivity contribution in [1.29, 1.82) is 0 Å². The van der Waals surface area contributed by atoms with Gasteiger partial charge in [-0.1, -0.05) is 43.3 Å². The summed E-state index contributed by atoms with van der Waals surface area (Å²) in [5, 5.41) is 11.0. The van der Waals surface area contributed by atoms with E-state index >= 15 is 0 Å². The van der Waals surface area contributed by atoms with Gasteiger partial charge in [0, 0.05) is 34.8 Å². The molecule has 5 nitrogen and oxygen atoms in total. The highest BCUT2D eigenvalue weighted by Crippen LogP contribution is 2.44. The lowest BCUT2D eigenvalue weighted by molar-refractivity contribution is -0.140. The summed E-state index contributed by atoms with van der Waals surface area (Å²) in [5.74, 6) is -1.81. The first kappa shape index (κ1) is 16.4. The summed E-state index contributed by atoms with van der Waals surface area (Å²) in [6, 6.07) is 14.3. The van der Waals surface area contributed by atoms with E-state index in [0.29, 0.717) is 17.7 Å². The molecule has 3 aromatic rings. The molecular weight excluding hydrogens is 328 g/mol. The molecule has 1 aliphatic heterocycles. The number of hydrogen-bond acceptors (Lipinski definition) is 2. The van der Waals surface area contributed by atoms with Crippen LogP contribution in [-0.2, 0) is 4.79 Å². The molecule has 0 unspecified atom stereocenters. The number of nitrogens with one attached hydrogen (secondary N) is 1. The second-order valence-electron chi connectivity index (χ2n) is 6.64. The van der Waals surface area contributed by atoms with Gasteiger partial charge in [-0.05, 0) is 24.1 Å². The number of benzene rings is 2. The van der Waals surface area contributed by atoms with Crippen LogP contribution in [0.25, 0.3) is 10.9 Å². The molecule has 0 spiro atoms. The molecule has 1 aromatic heterocycles. The SMILES string of the molecule is CCCN1C(=O)c2ccccc2[C@H](C(=O)O)[C@@H]1c1c[nH]c2ccccc12. The van der Waals surface area contributed by atoms with E-state index in [-0.39, 0.29) is 5.91 Å². The molecule has 0 saturated heterocycles. The third-order valence-corrected chi connectivity index (χ3v) is 5.11. The smallest absolute Gasteiger partial charge is 0.313 e. The topological polar surface area (TPSA) is 73.4 Å². The Hall–Kier alpha value is -3.08. The summed E-state index contributed by atoms with van der Waals surface area (Å²) < 4.78 is 0. The number of hydrogen-bond donors (Lipinski definition) is 2. The molecule has 2 N–H and O–H groups in total. The average molecular weight is 348 g/mol. The summed E-state index contributed by atoms with van der Waals surface area (Å²) >= 11 is 0. The van der Waals surface area contributed by atoms with E-state index in [4.69, 9.17) is 0 Å². The fourth-order valence-electron chi connectivity index (χ4n) is 4.03. The fraction of sp³-hybridized carbons (Fsp3) is 0.238. The van der Waals surface area contributed by atoms with E-state index in [1.54, 1.807) is 29.2 Å². The summed E-state index contributed by atoms with van der Waals surface area (Å²) in [5.41, 5.74) is 2.87. The lowest BCUT2D eigenvalue weighted by Crippen LogP contribution is -2.45. The van der Waals surface area contributed by atoms with Gasteiger partial charge in [-0.25, -0.2) is 0 Å². The summed E-state index contributed by atoms with van der Waals surface area (Å²) in [4.78, 5) is 30.3. The Kier molecular flexibility index (Phi) is 3.99. The number of carbonyl (C=O) groups is 2. The third kappa shape index (κ3) is 2.39. The number of carbonyl (C=O) groups excluding carboxylic acids is 1. The largest absolute Gasteiger partial charge is 0.481 e. The lowest BCUT2D eigenvalue weighted by atomic mass is 9.79. The summed E-state index contributed by atoms with van der Waals surface area (Å²) in [6.45, 7) is 2.51. The zero-order valence-corrected chi connectivity index (χ0v) is 14.5. The molecule has 0 aliphatic carbocycles. The first-order valence-electron chi connectivity index (χ1n) is 8.82. The van der Waals surface area contributed by atoms with Gasteiger partial charge >= 0.3 is 5.97 Å². The van der Waals surface area contributed by atoms with Crippen LogP contribution in [-0.4, -0.2) is 33.4 Å². The number of rotatable bonds is 4. The normalized spacial score (nSPS) is 19.6. The van der Waals surface area contributed by atoms with Gasteiger partial charge in [0.05, 0.1) is 6.04 Å². The van der Waals surface area contributed by atoms with Gasteiger partial charge in [-0.3, -0.25) is 9.59 Å². The molecular formula is C21H20N2O3. The minimum absolute atomic E-state index is 0.102. The van der Waals surface area contributed by atoms with Crippen LogP contribution in [0.4, 0.5) is 0 Å². The van der Waals surface area contributed by atoms with E-state index in [2.05, 4.69) is 4.98 Å². The van der Waals surface area contributed by atoms with Gasteiger partial charge in [-0.2, -0.15) is 0 Å². The number of aliphatic carboxylic acids is 1. The van der Waals surface area contributed by atoms with E-state index in [1.165, 1.54) is 0 Å². The number of H-pyrrole nitrogens is 1. The van der Waals surface area contributed by atoms with Crippen LogP contribution in [0.2, 0.25) is 0 Å². The predicted molar refractivity (Wildman–Crippen MR) is 99.2 cm³/mol. The molecule has 1 aliphatic rings. The van der Waals surface area contributed by atoms with Crippen molar-refractivity contribution in [3.8, 4) is 0 Å². The van der Waals surface area contributed by atoms with Crippen molar-refractivity contribution in [2.75, 3.05) is 6.54 Å². The maximum Gasteiger partial charge on any atom is 0.313 e. The molecule has 2 heterocycles.